The number of aromatic nitrogens is 2. The number of nitrogen functional groups attached to an aromatic ring is 1. The Kier molecular flexibility index (Phi) is 5.13. The first-order valence-electron chi connectivity index (χ1n) is 6.65. The van der Waals surface area contributed by atoms with Crippen molar-refractivity contribution in [2.45, 2.75) is 27.3 Å². The van der Waals surface area contributed by atoms with Crippen molar-refractivity contribution in [3.63, 3.8) is 0 Å². The minimum atomic E-state index is -0.213. The zero-order chi connectivity index (χ0) is 15.4. The summed E-state index contributed by atoms with van der Waals surface area (Å²) in [6, 6.07) is 0. The number of hydrogen-bond donors (Lipinski definition) is 3. The molecule has 0 saturated heterocycles. The van der Waals surface area contributed by atoms with Crippen molar-refractivity contribution in [3.8, 4) is 0 Å². The summed E-state index contributed by atoms with van der Waals surface area (Å²) in [7, 11) is 0. The van der Waals surface area contributed by atoms with E-state index in [0.29, 0.717) is 22.5 Å². The highest BCUT2D eigenvalue weighted by atomic mass is 32.1. The number of nitrogens with one attached hydrogen (secondary N) is 2. The number of aryl methyl sites for hydroxylation is 1. The molecule has 6 nitrogen and oxygen atoms in total. The van der Waals surface area contributed by atoms with Gasteiger partial charge in [0, 0.05) is 17.6 Å². The van der Waals surface area contributed by atoms with Gasteiger partial charge in [0.1, 0.15) is 15.7 Å². The Balaban J connectivity index is 1.95. The molecule has 0 saturated carbocycles. The maximum absolute atomic E-state index is 12.1. The predicted molar refractivity (Wildman–Crippen MR) is 87.9 cm³/mol. The molecule has 0 bridgehead atoms. The van der Waals surface area contributed by atoms with E-state index in [4.69, 9.17) is 5.73 Å². The van der Waals surface area contributed by atoms with Crippen LogP contribution >= 0.6 is 22.7 Å². The normalized spacial score (nSPS) is 10.9. The SMILES string of the molecule is Cc1csc(CNC(=O)c2sc(NCC(C)C)nc2N)n1. The molecule has 0 aromatic carbocycles. The maximum atomic E-state index is 12.1. The van der Waals surface area contributed by atoms with Gasteiger partial charge in [0.15, 0.2) is 5.13 Å². The van der Waals surface area contributed by atoms with Crippen LogP contribution in [0.15, 0.2) is 5.38 Å². The van der Waals surface area contributed by atoms with Gasteiger partial charge in [-0.05, 0) is 12.8 Å². The van der Waals surface area contributed by atoms with Crippen molar-refractivity contribution in [3.05, 3.63) is 21.0 Å². The lowest BCUT2D eigenvalue weighted by molar-refractivity contribution is 0.0955. The van der Waals surface area contributed by atoms with E-state index in [2.05, 4.69) is 34.4 Å². The lowest BCUT2D eigenvalue weighted by Gasteiger charge is -2.04. The first-order valence-corrected chi connectivity index (χ1v) is 8.34. The highest BCUT2D eigenvalue weighted by molar-refractivity contribution is 7.18. The number of nitrogens with two attached hydrogens (primary N) is 1. The molecule has 0 aliphatic carbocycles. The third-order valence-corrected chi connectivity index (χ3v) is 4.58. The lowest BCUT2D eigenvalue weighted by Crippen LogP contribution is -2.22. The first kappa shape index (κ1) is 15.7. The molecule has 2 rings (SSSR count). The van der Waals surface area contributed by atoms with Crippen LogP contribution in [0.2, 0.25) is 0 Å². The van der Waals surface area contributed by atoms with E-state index in [1.807, 2.05) is 12.3 Å². The second-order valence-electron chi connectivity index (χ2n) is 5.07. The number of anilines is 2. The Labute approximate surface area is 131 Å². The van der Waals surface area contributed by atoms with Crippen molar-refractivity contribution < 1.29 is 4.79 Å². The third-order valence-electron chi connectivity index (χ3n) is 2.59. The number of nitrogens with zero attached hydrogens (tertiary/aromatic N) is 2. The monoisotopic (exact) mass is 325 g/mol. The highest BCUT2D eigenvalue weighted by Gasteiger charge is 2.16. The summed E-state index contributed by atoms with van der Waals surface area (Å²) < 4.78 is 0. The fourth-order valence-electron chi connectivity index (χ4n) is 1.58. The molecule has 2 aromatic heterocycles. The molecule has 2 heterocycles. The molecule has 0 aliphatic heterocycles. The van der Waals surface area contributed by atoms with E-state index < -0.39 is 0 Å². The summed E-state index contributed by atoms with van der Waals surface area (Å²) in [5.41, 5.74) is 6.77. The van der Waals surface area contributed by atoms with Crippen molar-refractivity contribution in [1.29, 1.82) is 0 Å². The number of hydrogen-bond acceptors (Lipinski definition) is 7. The molecule has 0 aliphatic rings. The molecule has 0 atom stereocenters. The Bertz CT molecular complexity index is 620. The van der Waals surface area contributed by atoms with Crippen LogP contribution in [0, 0.1) is 12.8 Å². The summed E-state index contributed by atoms with van der Waals surface area (Å²) in [5.74, 6) is 0.551. The second-order valence-corrected chi connectivity index (χ2v) is 7.02. The minimum absolute atomic E-state index is 0.213. The Morgan fingerprint density at radius 2 is 2.19 bits per heavy atom. The Morgan fingerprint density at radius 3 is 2.81 bits per heavy atom. The van der Waals surface area contributed by atoms with Gasteiger partial charge < -0.3 is 16.4 Å². The van der Waals surface area contributed by atoms with Gasteiger partial charge in [-0.3, -0.25) is 4.79 Å². The Morgan fingerprint density at radius 1 is 1.43 bits per heavy atom. The van der Waals surface area contributed by atoms with Gasteiger partial charge >= 0.3 is 0 Å². The van der Waals surface area contributed by atoms with Crippen LogP contribution < -0.4 is 16.4 Å². The topological polar surface area (TPSA) is 92.9 Å². The van der Waals surface area contributed by atoms with Gasteiger partial charge in [0.2, 0.25) is 0 Å². The molecule has 0 unspecified atom stereocenters. The van der Waals surface area contributed by atoms with Crippen LogP contribution in [0.3, 0.4) is 0 Å². The summed E-state index contributed by atoms with van der Waals surface area (Å²) in [4.78, 5) is 21.0. The van der Waals surface area contributed by atoms with Crippen LogP contribution in [-0.2, 0) is 6.54 Å². The molecule has 8 heteroatoms. The van der Waals surface area contributed by atoms with E-state index in [9.17, 15) is 4.79 Å². The van der Waals surface area contributed by atoms with E-state index >= 15 is 0 Å². The molecule has 0 fully saturated rings. The predicted octanol–water partition coefficient (Wildman–Crippen LogP) is 2.49. The first-order chi connectivity index (χ1) is 9.95. The molecule has 2 aromatic rings. The van der Waals surface area contributed by atoms with E-state index in [1.165, 1.54) is 22.7 Å². The highest BCUT2D eigenvalue weighted by Crippen LogP contribution is 2.25. The summed E-state index contributed by atoms with van der Waals surface area (Å²) in [6.07, 6.45) is 0. The van der Waals surface area contributed by atoms with Crippen LogP contribution in [-0.4, -0.2) is 22.4 Å². The van der Waals surface area contributed by atoms with Crippen molar-refractivity contribution in [2.24, 2.45) is 5.92 Å². The maximum Gasteiger partial charge on any atom is 0.265 e. The number of rotatable bonds is 6. The molecular formula is C13H19N5OS2. The molecular weight excluding hydrogens is 306 g/mol. The molecule has 0 radical (unpaired) electrons. The van der Waals surface area contributed by atoms with Gasteiger partial charge in [-0.1, -0.05) is 25.2 Å². The number of carbonyl (C=O) groups excluding carboxylic acids is 1. The fourth-order valence-corrected chi connectivity index (χ4v) is 3.10. The number of thiazole rings is 2. The summed E-state index contributed by atoms with van der Waals surface area (Å²) in [5, 5.41) is 9.50. The van der Waals surface area contributed by atoms with Gasteiger partial charge in [-0.25, -0.2) is 9.97 Å². The molecule has 4 N–H and O–H groups in total. The molecule has 21 heavy (non-hydrogen) atoms. The largest absolute Gasteiger partial charge is 0.382 e. The quantitative estimate of drug-likeness (QED) is 0.759. The minimum Gasteiger partial charge on any atom is -0.382 e. The van der Waals surface area contributed by atoms with Crippen molar-refractivity contribution in [1.82, 2.24) is 15.3 Å². The number of carbonyl (C=O) groups is 1. The standard InChI is InChI=1S/C13H19N5OS2/c1-7(2)4-16-13-18-11(14)10(21-13)12(19)15-5-9-17-8(3)6-20-9/h6-7H,4-5,14H2,1-3H3,(H,15,19)(H,16,18). The van der Waals surface area contributed by atoms with Crippen LogP contribution in [0.25, 0.3) is 0 Å². The zero-order valence-corrected chi connectivity index (χ0v) is 13.9. The van der Waals surface area contributed by atoms with Crippen LogP contribution in [0.1, 0.15) is 34.2 Å². The third kappa shape index (κ3) is 4.40. The average Bonchev–Trinajstić information content (AvgIpc) is 3.00. The lowest BCUT2D eigenvalue weighted by atomic mass is 10.2. The zero-order valence-electron chi connectivity index (χ0n) is 12.3. The van der Waals surface area contributed by atoms with E-state index in [1.54, 1.807) is 0 Å². The van der Waals surface area contributed by atoms with Crippen LogP contribution in [0.4, 0.5) is 10.9 Å². The van der Waals surface area contributed by atoms with Gasteiger partial charge in [-0.2, -0.15) is 0 Å². The fraction of sp³-hybridized carbons (Fsp3) is 0.462. The van der Waals surface area contributed by atoms with Gasteiger partial charge in [-0.15, -0.1) is 11.3 Å². The van der Waals surface area contributed by atoms with Gasteiger partial charge in [0.25, 0.3) is 5.91 Å². The van der Waals surface area contributed by atoms with E-state index in [0.717, 1.165) is 17.2 Å². The summed E-state index contributed by atoms with van der Waals surface area (Å²) in [6.45, 7) is 7.34. The van der Waals surface area contributed by atoms with Crippen molar-refractivity contribution >= 4 is 39.5 Å². The second kappa shape index (κ2) is 6.86. The number of amides is 1. The molecule has 1 amide bonds. The van der Waals surface area contributed by atoms with Crippen LogP contribution in [0.5, 0.6) is 0 Å². The summed E-state index contributed by atoms with van der Waals surface area (Å²) >= 11 is 2.80. The Hall–Kier alpha value is -1.67. The van der Waals surface area contributed by atoms with Gasteiger partial charge in [0.05, 0.1) is 6.54 Å². The molecule has 0 spiro atoms. The molecule has 114 valence electrons. The smallest absolute Gasteiger partial charge is 0.265 e. The average molecular weight is 325 g/mol. The van der Waals surface area contributed by atoms with Crippen molar-refractivity contribution in [2.75, 3.05) is 17.6 Å². The van der Waals surface area contributed by atoms with E-state index in [-0.39, 0.29) is 11.7 Å².